The van der Waals surface area contributed by atoms with Gasteiger partial charge in [0, 0.05) is 15.5 Å². The number of sulfonamides is 1. The maximum absolute atomic E-state index is 12.1. The maximum Gasteiger partial charge on any atom is 0.240 e. The summed E-state index contributed by atoms with van der Waals surface area (Å²) in [7, 11) is -3.41. The summed E-state index contributed by atoms with van der Waals surface area (Å²) in [5, 5.41) is 0. The fourth-order valence-corrected chi connectivity index (χ4v) is 4.68. The van der Waals surface area contributed by atoms with Gasteiger partial charge in [0.15, 0.2) is 0 Å². The van der Waals surface area contributed by atoms with Crippen LogP contribution in [0.2, 0.25) is 0 Å². The van der Waals surface area contributed by atoms with Crippen LogP contribution in [0.15, 0.2) is 27.1 Å². The molecule has 4 nitrogen and oxygen atoms in total. The van der Waals surface area contributed by atoms with E-state index in [0.29, 0.717) is 18.7 Å². The molecular weight excluding hydrogens is 374 g/mol. The minimum absolute atomic E-state index is 0.0744. The van der Waals surface area contributed by atoms with Crippen LogP contribution in [0.4, 0.5) is 0 Å². The summed E-state index contributed by atoms with van der Waals surface area (Å²) in [6, 6.07) is 5.48. The summed E-state index contributed by atoms with van der Waals surface area (Å²) in [6.07, 6.45) is 0.746. The highest BCUT2D eigenvalue weighted by molar-refractivity contribution is 9.11. The molecule has 94 valence electrons. The van der Waals surface area contributed by atoms with Gasteiger partial charge in [0.1, 0.15) is 0 Å². The summed E-state index contributed by atoms with van der Waals surface area (Å²) in [6.45, 7) is 0.904. The van der Waals surface area contributed by atoms with E-state index in [9.17, 15) is 8.42 Å². The molecule has 0 aliphatic carbocycles. The highest BCUT2D eigenvalue weighted by atomic mass is 79.9. The molecule has 0 aromatic heterocycles. The van der Waals surface area contributed by atoms with Crippen molar-refractivity contribution >= 4 is 41.9 Å². The molecule has 0 N–H and O–H groups in total. The van der Waals surface area contributed by atoms with Crippen molar-refractivity contribution < 1.29 is 13.3 Å². The summed E-state index contributed by atoms with van der Waals surface area (Å²) >= 11 is 6.71. The van der Waals surface area contributed by atoms with Gasteiger partial charge in [-0.2, -0.15) is 0 Å². The van der Waals surface area contributed by atoms with Crippen molar-refractivity contribution in [1.82, 2.24) is 4.47 Å². The Morgan fingerprint density at radius 1 is 1.29 bits per heavy atom. The van der Waals surface area contributed by atoms with Crippen LogP contribution in [0.3, 0.4) is 0 Å². The lowest BCUT2D eigenvalue weighted by molar-refractivity contribution is -0.0286. The van der Waals surface area contributed by atoms with Crippen LogP contribution >= 0.6 is 31.9 Å². The molecule has 0 unspecified atom stereocenters. The highest BCUT2D eigenvalue weighted by Gasteiger charge is 2.28. The van der Waals surface area contributed by atoms with Crippen LogP contribution in [0.5, 0.6) is 0 Å². The lowest BCUT2D eigenvalue weighted by atomic mass is 10.2. The molecule has 0 radical (unpaired) electrons. The summed E-state index contributed by atoms with van der Waals surface area (Å²) in [5.74, 6) is -0.0744. The molecule has 0 saturated carbocycles. The van der Waals surface area contributed by atoms with Gasteiger partial charge in [-0.25, -0.2) is 8.42 Å². The van der Waals surface area contributed by atoms with E-state index in [4.69, 9.17) is 4.84 Å². The highest BCUT2D eigenvalue weighted by Crippen LogP contribution is 2.28. The third kappa shape index (κ3) is 3.08. The molecule has 1 aliphatic rings. The van der Waals surface area contributed by atoms with Gasteiger partial charge < -0.3 is 0 Å². The van der Waals surface area contributed by atoms with E-state index < -0.39 is 10.0 Å². The van der Waals surface area contributed by atoms with E-state index in [2.05, 4.69) is 31.9 Å². The van der Waals surface area contributed by atoms with Gasteiger partial charge in [0.05, 0.1) is 12.4 Å². The molecule has 0 amide bonds. The largest absolute Gasteiger partial charge is 0.284 e. The van der Waals surface area contributed by atoms with Gasteiger partial charge in [0.25, 0.3) is 0 Å². The number of hydroxylamine groups is 1. The van der Waals surface area contributed by atoms with E-state index in [1.165, 1.54) is 0 Å². The van der Waals surface area contributed by atoms with E-state index >= 15 is 0 Å². The number of hydrogen-bond donors (Lipinski definition) is 0. The zero-order valence-corrected chi connectivity index (χ0v) is 12.9. The van der Waals surface area contributed by atoms with Crippen molar-refractivity contribution in [3.05, 3.63) is 32.7 Å². The van der Waals surface area contributed by atoms with Crippen LogP contribution in [0, 0.1) is 0 Å². The van der Waals surface area contributed by atoms with E-state index in [0.717, 1.165) is 19.8 Å². The van der Waals surface area contributed by atoms with E-state index in [1.54, 1.807) is 0 Å². The van der Waals surface area contributed by atoms with Crippen LogP contribution < -0.4 is 0 Å². The van der Waals surface area contributed by atoms with Crippen LogP contribution in [0.1, 0.15) is 12.0 Å². The smallest absolute Gasteiger partial charge is 0.240 e. The Bertz CT molecular complexity index is 492. The van der Waals surface area contributed by atoms with Crippen molar-refractivity contribution in [3.8, 4) is 0 Å². The van der Waals surface area contributed by atoms with Gasteiger partial charge in [-0.05, 0) is 24.1 Å². The first kappa shape index (κ1) is 13.5. The molecule has 1 aromatic carbocycles. The summed E-state index contributed by atoms with van der Waals surface area (Å²) in [4.78, 5) is 5.08. The van der Waals surface area contributed by atoms with Crippen LogP contribution in [-0.2, 0) is 20.6 Å². The van der Waals surface area contributed by atoms with Gasteiger partial charge in [0.2, 0.25) is 10.0 Å². The standard InChI is InChI=1S/C10H11Br2NO3S/c11-9-3-1-4-10(12)8(9)7-17(14,15)13-5-2-6-16-13/h1,3-4H,2,5-7H2. The Labute approximate surface area is 117 Å². The number of nitrogens with zero attached hydrogens (tertiary/aromatic N) is 1. The van der Waals surface area contributed by atoms with Gasteiger partial charge >= 0.3 is 0 Å². The van der Waals surface area contributed by atoms with Crippen molar-refractivity contribution in [3.63, 3.8) is 0 Å². The zero-order chi connectivity index (χ0) is 12.5. The van der Waals surface area contributed by atoms with E-state index in [-0.39, 0.29) is 5.75 Å². The molecular formula is C10H11Br2NO3S. The monoisotopic (exact) mass is 383 g/mol. The molecule has 7 heteroatoms. The first-order valence-electron chi connectivity index (χ1n) is 5.07. The third-order valence-electron chi connectivity index (χ3n) is 2.42. The van der Waals surface area contributed by atoms with Crippen molar-refractivity contribution in [1.29, 1.82) is 0 Å². The Hall–Kier alpha value is 0.0500. The van der Waals surface area contributed by atoms with E-state index in [1.807, 2.05) is 18.2 Å². The first-order valence-corrected chi connectivity index (χ1v) is 8.26. The predicted octanol–water partition coefficient (Wildman–Crippen LogP) is 2.68. The second-order valence-corrected chi connectivity index (χ2v) is 7.24. The molecule has 0 atom stereocenters. The number of halogens is 2. The lowest BCUT2D eigenvalue weighted by Gasteiger charge is -2.15. The Morgan fingerprint density at radius 3 is 2.47 bits per heavy atom. The van der Waals surface area contributed by atoms with Crippen molar-refractivity contribution in [2.45, 2.75) is 12.2 Å². The SMILES string of the molecule is O=S(=O)(Cc1c(Br)cccc1Br)N1CCCO1. The van der Waals surface area contributed by atoms with Crippen molar-refractivity contribution in [2.75, 3.05) is 13.2 Å². The maximum atomic E-state index is 12.1. The van der Waals surface area contributed by atoms with Gasteiger partial charge in [-0.1, -0.05) is 42.4 Å². The Balaban J connectivity index is 2.26. The second kappa shape index (κ2) is 5.36. The Kier molecular flexibility index (Phi) is 4.25. The predicted molar refractivity (Wildman–Crippen MR) is 71.7 cm³/mol. The van der Waals surface area contributed by atoms with Crippen molar-refractivity contribution in [2.24, 2.45) is 0 Å². The molecule has 17 heavy (non-hydrogen) atoms. The molecule has 1 aliphatic heterocycles. The average molecular weight is 385 g/mol. The Morgan fingerprint density at radius 2 is 1.94 bits per heavy atom. The molecule has 1 aromatic rings. The molecule has 2 rings (SSSR count). The fraction of sp³-hybridized carbons (Fsp3) is 0.400. The van der Waals surface area contributed by atoms with Crippen LogP contribution in [0.25, 0.3) is 0 Å². The minimum atomic E-state index is -3.41. The molecule has 0 spiro atoms. The zero-order valence-electron chi connectivity index (χ0n) is 8.90. The molecule has 0 bridgehead atoms. The normalized spacial score (nSPS) is 17.5. The molecule has 1 fully saturated rings. The minimum Gasteiger partial charge on any atom is -0.284 e. The van der Waals surface area contributed by atoms with Gasteiger partial charge in [-0.15, -0.1) is 0 Å². The second-order valence-electron chi connectivity index (χ2n) is 3.67. The molecule has 1 heterocycles. The summed E-state index contributed by atoms with van der Waals surface area (Å²) < 4.78 is 26.8. The number of benzene rings is 1. The fourth-order valence-electron chi connectivity index (χ4n) is 1.57. The van der Waals surface area contributed by atoms with Gasteiger partial charge in [-0.3, -0.25) is 4.84 Å². The number of rotatable bonds is 3. The van der Waals surface area contributed by atoms with Crippen LogP contribution in [-0.4, -0.2) is 26.0 Å². The lowest BCUT2D eigenvalue weighted by Crippen LogP contribution is -2.28. The number of hydrogen-bond acceptors (Lipinski definition) is 3. The third-order valence-corrected chi connectivity index (χ3v) is 5.47. The molecule has 1 saturated heterocycles. The average Bonchev–Trinajstić information content (AvgIpc) is 2.77. The first-order chi connectivity index (χ1) is 8.00. The summed E-state index contributed by atoms with van der Waals surface area (Å²) in [5.41, 5.74) is 0.711. The topological polar surface area (TPSA) is 46.6 Å². The quantitative estimate of drug-likeness (QED) is 0.804.